The first-order chi connectivity index (χ1) is 13.6. The Kier molecular flexibility index (Phi) is 4.68. The fourth-order valence-electron chi connectivity index (χ4n) is 3.68. The zero-order chi connectivity index (χ0) is 20.8. The largest absolute Gasteiger partial charge is 0.347 e. The van der Waals surface area contributed by atoms with Crippen molar-refractivity contribution in [2.45, 2.75) is 59.4 Å². The maximum atomic E-state index is 12.7. The molecule has 1 aromatic heterocycles. The van der Waals surface area contributed by atoms with Crippen molar-refractivity contribution in [2.75, 3.05) is 0 Å². The van der Waals surface area contributed by atoms with Crippen LogP contribution in [-0.4, -0.2) is 21.6 Å². The van der Waals surface area contributed by atoms with Gasteiger partial charge in [0.25, 0.3) is 5.91 Å². The zero-order valence-corrected chi connectivity index (χ0v) is 18.0. The van der Waals surface area contributed by atoms with Crippen LogP contribution in [0.25, 0.3) is 21.9 Å². The van der Waals surface area contributed by atoms with E-state index < -0.39 is 0 Å². The number of benzene rings is 2. The summed E-state index contributed by atoms with van der Waals surface area (Å²) in [4.78, 5) is 12.7. The van der Waals surface area contributed by atoms with Crippen LogP contribution in [0.15, 0.2) is 42.6 Å². The monoisotopic (exact) mass is 387 g/mol. The number of carbonyl (C=O) groups excluding carboxylic acids is 1. The Labute approximate surface area is 172 Å². The van der Waals surface area contributed by atoms with Crippen LogP contribution in [0.1, 0.15) is 62.2 Å². The Bertz CT molecular complexity index is 1090. The van der Waals surface area contributed by atoms with Gasteiger partial charge in [-0.25, -0.2) is 0 Å². The molecule has 1 fully saturated rings. The molecule has 2 aromatic carbocycles. The number of hydrogen-bond acceptors (Lipinski definition) is 3. The average molecular weight is 388 g/mol. The molecule has 4 nitrogen and oxygen atoms in total. The second kappa shape index (κ2) is 6.94. The quantitative estimate of drug-likeness (QED) is 0.645. The molecule has 3 aromatic rings. The predicted octanol–water partition coefficient (Wildman–Crippen LogP) is 5.48. The summed E-state index contributed by atoms with van der Waals surface area (Å²) in [6.45, 7) is 10.8. The molecule has 0 saturated heterocycles. The van der Waals surface area contributed by atoms with Crippen molar-refractivity contribution in [3.63, 3.8) is 0 Å². The lowest BCUT2D eigenvalue weighted by Crippen LogP contribution is -2.34. The van der Waals surface area contributed by atoms with Crippen LogP contribution >= 0.6 is 0 Å². The molecule has 0 atom stereocenters. The third-order valence-electron chi connectivity index (χ3n) is 5.66. The second-order valence-electron chi connectivity index (χ2n) is 9.88. The van der Waals surface area contributed by atoms with Crippen molar-refractivity contribution in [1.82, 2.24) is 15.5 Å². The van der Waals surface area contributed by atoms with Gasteiger partial charge in [-0.05, 0) is 73.4 Å². The SMILES string of the molecule is Cc1ccc(C(=O)NC2(C)CC2)cc1-c1ccc2c(CC(C)(C)C)nncc2c1. The highest BCUT2D eigenvalue weighted by Crippen LogP contribution is 2.35. The Morgan fingerprint density at radius 3 is 2.59 bits per heavy atom. The summed E-state index contributed by atoms with van der Waals surface area (Å²) >= 11 is 0. The summed E-state index contributed by atoms with van der Waals surface area (Å²) in [7, 11) is 0. The summed E-state index contributed by atoms with van der Waals surface area (Å²) in [5, 5.41) is 14.0. The number of rotatable bonds is 4. The molecule has 4 rings (SSSR count). The highest BCUT2D eigenvalue weighted by Gasteiger charge is 2.38. The van der Waals surface area contributed by atoms with Crippen molar-refractivity contribution in [3.8, 4) is 11.1 Å². The van der Waals surface area contributed by atoms with Gasteiger partial charge in [0.1, 0.15) is 0 Å². The first-order valence-electron chi connectivity index (χ1n) is 10.3. The second-order valence-corrected chi connectivity index (χ2v) is 9.88. The molecule has 0 bridgehead atoms. The number of aromatic nitrogens is 2. The average Bonchev–Trinajstić information content (AvgIpc) is 3.37. The Hall–Kier alpha value is -2.75. The fourth-order valence-corrected chi connectivity index (χ4v) is 3.68. The van der Waals surface area contributed by atoms with E-state index in [0.717, 1.165) is 52.4 Å². The molecule has 1 heterocycles. The van der Waals surface area contributed by atoms with E-state index in [2.05, 4.69) is 68.3 Å². The lowest BCUT2D eigenvalue weighted by Gasteiger charge is -2.18. The van der Waals surface area contributed by atoms with Crippen molar-refractivity contribution in [3.05, 3.63) is 59.4 Å². The summed E-state index contributed by atoms with van der Waals surface area (Å²) < 4.78 is 0. The fraction of sp³-hybridized carbons (Fsp3) is 0.400. The minimum atomic E-state index is -0.0206. The van der Waals surface area contributed by atoms with E-state index in [9.17, 15) is 4.79 Å². The number of carbonyl (C=O) groups is 1. The van der Waals surface area contributed by atoms with Crippen molar-refractivity contribution < 1.29 is 4.79 Å². The molecule has 0 radical (unpaired) electrons. The summed E-state index contributed by atoms with van der Waals surface area (Å²) in [5.74, 6) is 0.00497. The normalized spacial score (nSPS) is 15.3. The van der Waals surface area contributed by atoms with Gasteiger partial charge in [0.05, 0.1) is 11.9 Å². The third kappa shape index (κ3) is 4.31. The van der Waals surface area contributed by atoms with Crippen molar-refractivity contribution in [2.24, 2.45) is 5.41 Å². The first-order valence-corrected chi connectivity index (χ1v) is 10.3. The standard InChI is InChI=1S/C25H29N3O/c1-16-6-7-18(23(29)27-25(5)10-11-25)13-21(16)17-8-9-20-19(12-17)15-26-28-22(20)14-24(2,3)4/h6-9,12-13,15H,10-11,14H2,1-5H3,(H,27,29). The molecule has 0 aliphatic heterocycles. The van der Waals surface area contributed by atoms with Gasteiger partial charge in [-0.3, -0.25) is 4.79 Å². The molecule has 0 spiro atoms. The van der Waals surface area contributed by atoms with Gasteiger partial charge >= 0.3 is 0 Å². The molecule has 1 N–H and O–H groups in total. The Balaban J connectivity index is 1.71. The lowest BCUT2D eigenvalue weighted by molar-refractivity contribution is 0.0935. The number of amides is 1. The molecule has 29 heavy (non-hydrogen) atoms. The zero-order valence-electron chi connectivity index (χ0n) is 18.0. The van der Waals surface area contributed by atoms with E-state index in [0.29, 0.717) is 5.56 Å². The minimum Gasteiger partial charge on any atom is -0.347 e. The molecule has 1 aliphatic rings. The van der Waals surface area contributed by atoms with Crippen LogP contribution in [-0.2, 0) is 6.42 Å². The van der Waals surface area contributed by atoms with Crippen LogP contribution in [0.4, 0.5) is 0 Å². The van der Waals surface area contributed by atoms with E-state index in [-0.39, 0.29) is 16.9 Å². The first kappa shape index (κ1) is 19.6. The van der Waals surface area contributed by atoms with Gasteiger partial charge < -0.3 is 5.32 Å². The summed E-state index contributed by atoms with van der Waals surface area (Å²) in [5.41, 5.74) is 5.19. The number of nitrogens with zero attached hydrogens (tertiary/aromatic N) is 2. The Morgan fingerprint density at radius 2 is 1.90 bits per heavy atom. The van der Waals surface area contributed by atoms with Crippen LogP contribution in [0.3, 0.4) is 0 Å². The van der Waals surface area contributed by atoms with Gasteiger partial charge in [0, 0.05) is 21.9 Å². The smallest absolute Gasteiger partial charge is 0.251 e. The lowest BCUT2D eigenvalue weighted by atomic mass is 9.88. The number of aryl methyl sites for hydroxylation is 1. The van der Waals surface area contributed by atoms with Crippen molar-refractivity contribution >= 4 is 16.7 Å². The van der Waals surface area contributed by atoms with Crippen LogP contribution in [0.5, 0.6) is 0 Å². The molecule has 4 heteroatoms. The van der Waals surface area contributed by atoms with Gasteiger partial charge in [-0.1, -0.05) is 39.0 Å². The van der Waals surface area contributed by atoms with E-state index >= 15 is 0 Å². The van der Waals surface area contributed by atoms with Gasteiger partial charge in [-0.15, -0.1) is 0 Å². The minimum absolute atomic E-state index is 0.00497. The summed E-state index contributed by atoms with van der Waals surface area (Å²) in [6.07, 6.45) is 4.81. The molecule has 0 unspecified atom stereocenters. The van der Waals surface area contributed by atoms with Gasteiger partial charge in [0.15, 0.2) is 0 Å². The molecule has 150 valence electrons. The van der Waals surface area contributed by atoms with Gasteiger partial charge in [0.2, 0.25) is 0 Å². The maximum absolute atomic E-state index is 12.7. The topological polar surface area (TPSA) is 54.9 Å². The predicted molar refractivity (Wildman–Crippen MR) is 118 cm³/mol. The molecular formula is C25H29N3O. The highest BCUT2D eigenvalue weighted by molar-refractivity contribution is 5.97. The van der Waals surface area contributed by atoms with E-state index in [1.165, 1.54) is 0 Å². The van der Waals surface area contributed by atoms with Crippen molar-refractivity contribution in [1.29, 1.82) is 0 Å². The number of fused-ring (bicyclic) bond motifs is 1. The van der Waals surface area contributed by atoms with Crippen LogP contribution < -0.4 is 5.32 Å². The molecule has 1 amide bonds. The Morgan fingerprint density at radius 1 is 1.14 bits per heavy atom. The number of hydrogen-bond donors (Lipinski definition) is 1. The van der Waals surface area contributed by atoms with E-state index in [4.69, 9.17) is 0 Å². The summed E-state index contributed by atoms with van der Waals surface area (Å²) in [6, 6.07) is 12.4. The molecular weight excluding hydrogens is 358 g/mol. The third-order valence-corrected chi connectivity index (χ3v) is 5.66. The van der Waals surface area contributed by atoms with Gasteiger partial charge in [-0.2, -0.15) is 10.2 Å². The van der Waals surface area contributed by atoms with E-state index in [1.807, 2.05) is 24.4 Å². The highest BCUT2D eigenvalue weighted by atomic mass is 16.1. The van der Waals surface area contributed by atoms with Crippen LogP contribution in [0, 0.1) is 12.3 Å². The van der Waals surface area contributed by atoms with Crippen LogP contribution in [0.2, 0.25) is 0 Å². The van der Waals surface area contributed by atoms with E-state index in [1.54, 1.807) is 0 Å². The maximum Gasteiger partial charge on any atom is 0.251 e. The number of nitrogens with one attached hydrogen (secondary N) is 1. The molecule has 1 saturated carbocycles. The molecule has 1 aliphatic carbocycles.